The number of thioether (sulfide) groups is 1. The van der Waals surface area contributed by atoms with Gasteiger partial charge in [0.1, 0.15) is 0 Å². The Kier molecular flexibility index (Phi) is 6.01. The molecule has 0 unspecified atom stereocenters. The largest absolute Gasteiger partial charge is 0.360 e. The molecule has 112 valence electrons. The monoisotopic (exact) mass is 386 g/mol. The molecule has 1 aromatic carbocycles. The van der Waals surface area contributed by atoms with Crippen molar-refractivity contribution in [3.63, 3.8) is 0 Å². The molecule has 1 aromatic heterocycles. The Morgan fingerprint density at radius 3 is 3.00 bits per heavy atom. The van der Waals surface area contributed by atoms with Gasteiger partial charge in [0, 0.05) is 16.7 Å². The lowest BCUT2D eigenvalue weighted by molar-refractivity contribution is -0.115. The van der Waals surface area contributed by atoms with Crippen LogP contribution in [-0.4, -0.2) is 27.9 Å². The van der Waals surface area contributed by atoms with E-state index in [1.54, 1.807) is 0 Å². The van der Waals surface area contributed by atoms with Gasteiger partial charge in [0.15, 0.2) is 4.34 Å². The smallest absolute Gasteiger partial charge is 0.237 e. The van der Waals surface area contributed by atoms with E-state index in [0.717, 1.165) is 26.2 Å². The van der Waals surface area contributed by atoms with Crippen molar-refractivity contribution in [3.8, 4) is 0 Å². The van der Waals surface area contributed by atoms with Crippen molar-refractivity contribution < 1.29 is 4.79 Å². The minimum atomic E-state index is -0.244. The van der Waals surface area contributed by atoms with Crippen LogP contribution in [-0.2, 0) is 4.79 Å². The molecule has 0 bridgehead atoms. The summed E-state index contributed by atoms with van der Waals surface area (Å²) in [6.45, 7) is 4.66. The molecule has 1 atom stereocenters. The zero-order valence-electron chi connectivity index (χ0n) is 11.6. The second kappa shape index (κ2) is 7.77. The predicted molar refractivity (Wildman–Crippen MR) is 92.2 cm³/mol. The van der Waals surface area contributed by atoms with Crippen LogP contribution >= 0.6 is 39.0 Å². The lowest BCUT2D eigenvalue weighted by atomic mass is 10.3. The highest BCUT2D eigenvalue weighted by molar-refractivity contribution is 9.10. The second-order valence-corrected chi connectivity index (χ2v) is 7.64. The van der Waals surface area contributed by atoms with Gasteiger partial charge >= 0.3 is 0 Å². The van der Waals surface area contributed by atoms with Crippen LogP contribution in [0.3, 0.4) is 0 Å². The number of nitrogens with zero attached hydrogens (tertiary/aromatic N) is 2. The molecule has 1 heterocycles. The molecule has 0 saturated carbocycles. The average Bonchev–Trinajstić information content (AvgIpc) is 2.86. The molecule has 2 aromatic rings. The summed E-state index contributed by atoms with van der Waals surface area (Å²) in [5, 5.41) is 14.6. The number of benzene rings is 1. The first kappa shape index (κ1) is 16.3. The van der Waals surface area contributed by atoms with E-state index in [9.17, 15) is 4.79 Å². The van der Waals surface area contributed by atoms with Gasteiger partial charge in [-0.1, -0.05) is 45.1 Å². The van der Waals surface area contributed by atoms with Crippen molar-refractivity contribution in [2.24, 2.45) is 0 Å². The lowest BCUT2D eigenvalue weighted by Gasteiger charge is -2.10. The van der Waals surface area contributed by atoms with Crippen LogP contribution in [0.2, 0.25) is 0 Å². The molecule has 1 amide bonds. The highest BCUT2D eigenvalue weighted by Gasteiger charge is 2.17. The summed E-state index contributed by atoms with van der Waals surface area (Å²) in [5.41, 5.74) is 0.771. The van der Waals surface area contributed by atoms with E-state index < -0.39 is 0 Å². The average molecular weight is 387 g/mol. The lowest BCUT2D eigenvalue weighted by Crippen LogP contribution is -2.22. The molecule has 2 rings (SSSR count). The van der Waals surface area contributed by atoms with Crippen LogP contribution in [0.5, 0.6) is 0 Å². The van der Waals surface area contributed by atoms with Crippen LogP contribution in [0.25, 0.3) is 0 Å². The molecule has 0 aliphatic carbocycles. The number of anilines is 2. The van der Waals surface area contributed by atoms with E-state index in [-0.39, 0.29) is 11.2 Å². The summed E-state index contributed by atoms with van der Waals surface area (Å²) in [7, 11) is 0. The minimum absolute atomic E-state index is 0.0571. The number of hydrogen-bond donors (Lipinski definition) is 2. The van der Waals surface area contributed by atoms with Crippen molar-refractivity contribution in [1.82, 2.24) is 10.2 Å². The van der Waals surface area contributed by atoms with Gasteiger partial charge in [0.25, 0.3) is 0 Å². The number of carbonyl (C=O) groups excluding carboxylic acids is 1. The van der Waals surface area contributed by atoms with Gasteiger partial charge in [0.05, 0.1) is 5.25 Å². The topological polar surface area (TPSA) is 66.9 Å². The van der Waals surface area contributed by atoms with Crippen LogP contribution in [0, 0.1) is 0 Å². The van der Waals surface area contributed by atoms with Gasteiger partial charge in [-0.3, -0.25) is 4.79 Å². The highest BCUT2D eigenvalue weighted by Crippen LogP contribution is 2.29. The molecule has 8 heteroatoms. The Morgan fingerprint density at radius 2 is 2.29 bits per heavy atom. The molecule has 2 N–H and O–H groups in total. The molecule has 0 spiro atoms. The summed E-state index contributed by atoms with van der Waals surface area (Å²) in [5.74, 6) is -0.0571. The Bertz CT molecular complexity index is 620. The molecule has 0 aliphatic rings. The molecular weight excluding hydrogens is 372 g/mol. The number of carbonyl (C=O) groups is 1. The number of halogens is 1. The molecule has 0 fully saturated rings. The first-order valence-corrected chi connectivity index (χ1v) is 8.88. The molecule has 0 radical (unpaired) electrons. The summed E-state index contributed by atoms with van der Waals surface area (Å²) in [6, 6.07) is 7.51. The third-order valence-electron chi connectivity index (χ3n) is 2.47. The SMILES string of the molecule is CCNc1nnc(S[C@H](C)C(=O)Nc2cccc(Br)c2)s1. The van der Waals surface area contributed by atoms with Crippen molar-refractivity contribution >= 4 is 55.8 Å². The van der Waals surface area contributed by atoms with Gasteiger partial charge in [0.2, 0.25) is 11.0 Å². The van der Waals surface area contributed by atoms with E-state index in [1.165, 1.54) is 23.1 Å². The Hall–Kier alpha value is -1.12. The highest BCUT2D eigenvalue weighted by atomic mass is 79.9. The Morgan fingerprint density at radius 1 is 1.48 bits per heavy atom. The molecular formula is C13H15BrN4OS2. The minimum Gasteiger partial charge on any atom is -0.360 e. The zero-order chi connectivity index (χ0) is 15.2. The summed E-state index contributed by atoms with van der Waals surface area (Å²) in [4.78, 5) is 12.2. The molecule has 0 aliphatic heterocycles. The van der Waals surface area contributed by atoms with Gasteiger partial charge in [-0.25, -0.2) is 0 Å². The number of rotatable bonds is 6. The molecule has 5 nitrogen and oxygen atoms in total. The zero-order valence-corrected chi connectivity index (χ0v) is 14.8. The molecule has 0 saturated heterocycles. The third-order valence-corrected chi connectivity index (χ3v) is 5.03. The van der Waals surface area contributed by atoms with Crippen LogP contribution in [0.1, 0.15) is 13.8 Å². The first-order chi connectivity index (χ1) is 10.1. The number of amides is 1. The Labute approximate surface area is 140 Å². The van der Waals surface area contributed by atoms with Gasteiger partial charge in [-0.05, 0) is 32.0 Å². The van der Waals surface area contributed by atoms with Crippen LogP contribution in [0.15, 0.2) is 33.1 Å². The number of nitrogens with one attached hydrogen (secondary N) is 2. The predicted octanol–water partition coefficient (Wildman–Crippen LogP) is 3.85. The van der Waals surface area contributed by atoms with Crippen LogP contribution in [0.4, 0.5) is 10.8 Å². The maximum absolute atomic E-state index is 12.2. The van der Waals surface area contributed by atoms with Crippen LogP contribution < -0.4 is 10.6 Å². The fraction of sp³-hybridized carbons (Fsp3) is 0.308. The second-order valence-electron chi connectivity index (χ2n) is 4.16. The van der Waals surface area contributed by atoms with E-state index >= 15 is 0 Å². The van der Waals surface area contributed by atoms with Gasteiger partial charge < -0.3 is 10.6 Å². The number of hydrogen-bond acceptors (Lipinski definition) is 6. The van der Waals surface area contributed by atoms with Crippen molar-refractivity contribution in [3.05, 3.63) is 28.7 Å². The summed E-state index contributed by atoms with van der Waals surface area (Å²) >= 11 is 6.24. The van der Waals surface area contributed by atoms with E-state index in [1.807, 2.05) is 38.1 Å². The normalized spacial score (nSPS) is 12.0. The van der Waals surface area contributed by atoms with Crippen molar-refractivity contribution in [1.29, 1.82) is 0 Å². The maximum atomic E-state index is 12.2. The molecule has 21 heavy (non-hydrogen) atoms. The van der Waals surface area contributed by atoms with E-state index in [0.29, 0.717) is 0 Å². The quantitative estimate of drug-likeness (QED) is 0.737. The standard InChI is InChI=1S/C13H15BrN4OS2/c1-3-15-12-17-18-13(21-12)20-8(2)11(19)16-10-6-4-5-9(14)7-10/h4-8H,3H2,1-2H3,(H,15,17)(H,16,19)/t8-/m1/s1. The summed E-state index contributed by atoms with van der Waals surface area (Å²) < 4.78 is 1.71. The van der Waals surface area contributed by atoms with E-state index in [4.69, 9.17) is 0 Å². The van der Waals surface area contributed by atoms with Crippen molar-refractivity contribution in [2.75, 3.05) is 17.2 Å². The fourth-order valence-electron chi connectivity index (χ4n) is 1.49. The number of aromatic nitrogens is 2. The third kappa shape index (κ3) is 4.98. The Balaban J connectivity index is 1.92. The van der Waals surface area contributed by atoms with Gasteiger partial charge in [-0.2, -0.15) is 0 Å². The van der Waals surface area contributed by atoms with Gasteiger partial charge in [-0.15, -0.1) is 10.2 Å². The van der Waals surface area contributed by atoms with E-state index in [2.05, 4.69) is 36.8 Å². The summed E-state index contributed by atoms with van der Waals surface area (Å²) in [6.07, 6.45) is 0. The van der Waals surface area contributed by atoms with Crippen molar-refractivity contribution in [2.45, 2.75) is 23.4 Å². The maximum Gasteiger partial charge on any atom is 0.237 e. The first-order valence-electron chi connectivity index (χ1n) is 6.39. The fourth-order valence-corrected chi connectivity index (χ4v) is 3.86.